The highest BCUT2D eigenvalue weighted by atomic mass is 35.5. The van der Waals surface area contributed by atoms with E-state index in [-0.39, 0.29) is 17.3 Å². The minimum atomic E-state index is -3.52. The Bertz CT molecular complexity index is 1180. The molecule has 11 heteroatoms. The fraction of sp³-hybridized carbons (Fsp3) is 0.391. The lowest BCUT2D eigenvalue weighted by atomic mass is 10.1. The number of hydrogen-bond donors (Lipinski definition) is 0. The van der Waals surface area contributed by atoms with Gasteiger partial charge in [-0.25, -0.2) is 8.42 Å². The monoisotopic (exact) mass is 506 g/mol. The van der Waals surface area contributed by atoms with Crippen LogP contribution >= 0.6 is 12.4 Å². The van der Waals surface area contributed by atoms with Crippen molar-refractivity contribution in [2.75, 3.05) is 58.3 Å². The van der Waals surface area contributed by atoms with Gasteiger partial charge in [0.15, 0.2) is 0 Å². The van der Waals surface area contributed by atoms with Gasteiger partial charge in [0, 0.05) is 71.3 Å². The smallest absolute Gasteiger partial charge is 0.245 e. The van der Waals surface area contributed by atoms with Crippen LogP contribution < -0.4 is 9.64 Å². The molecule has 1 saturated heterocycles. The van der Waals surface area contributed by atoms with Crippen LogP contribution in [0.25, 0.3) is 11.3 Å². The number of benzene rings is 1. The summed E-state index contributed by atoms with van der Waals surface area (Å²) < 4.78 is 33.6. The minimum absolute atomic E-state index is 0. The molecule has 184 valence electrons. The molecule has 0 aliphatic carbocycles. The summed E-state index contributed by atoms with van der Waals surface area (Å²) in [4.78, 5) is 9.51. The third kappa shape index (κ3) is 5.69. The quantitative estimate of drug-likeness (QED) is 0.463. The summed E-state index contributed by atoms with van der Waals surface area (Å²) in [5, 5.41) is 3.97. The molecule has 1 aliphatic rings. The summed E-state index contributed by atoms with van der Waals surface area (Å²) in [7, 11) is 1.47. The Balaban J connectivity index is 0.00000324. The minimum Gasteiger partial charge on any atom is -0.497 e. The van der Waals surface area contributed by atoms with Crippen molar-refractivity contribution in [1.29, 1.82) is 0 Å². The molecular weight excluding hydrogens is 476 g/mol. The Hall–Kier alpha value is -2.66. The van der Waals surface area contributed by atoms with Crippen LogP contribution in [0.2, 0.25) is 0 Å². The van der Waals surface area contributed by atoms with Crippen LogP contribution in [0.5, 0.6) is 5.75 Å². The molecule has 34 heavy (non-hydrogen) atoms. The first-order chi connectivity index (χ1) is 15.9. The Morgan fingerprint density at radius 2 is 1.79 bits per heavy atom. The summed E-state index contributed by atoms with van der Waals surface area (Å²) in [5.74, 6) is 0.820. The van der Waals surface area contributed by atoms with E-state index in [0.717, 1.165) is 48.9 Å². The maximum absolute atomic E-state index is 12.7. The fourth-order valence-electron chi connectivity index (χ4n) is 3.95. The SMILES string of the molecule is COc1ccc(-c2ncccc2N2CCN(CCN(C)S(=O)(=O)c3cnn(C)c3)CC2)cc1.Cl. The predicted molar refractivity (Wildman–Crippen MR) is 135 cm³/mol. The standard InChI is InChI=1S/C23H30N6O3S.ClH/c1-26-18-21(17-25-26)33(30,31)27(2)11-12-28-13-15-29(16-14-28)22-5-4-10-24-23(22)19-6-8-20(32-3)9-7-19;/h4-10,17-18H,11-16H2,1-3H3;1H. The third-order valence-corrected chi connectivity index (χ3v) is 7.79. The Morgan fingerprint density at radius 3 is 2.41 bits per heavy atom. The molecule has 3 heterocycles. The first-order valence-corrected chi connectivity index (χ1v) is 12.3. The van der Waals surface area contributed by atoms with Crippen LogP contribution in [-0.2, 0) is 17.1 Å². The van der Waals surface area contributed by atoms with Gasteiger partial charge in [0.05, 0.1) is 24.7 Å². The zero-order chi connectivity index (χ0) is 23.4. The fourth-order valence-corrected chi connectivity index (χ4v) is 5.10. The highest BCUT2D eigenvalue weighted by Crippen LogP contribution is 2.30. The summed E-state index contributed by atoms with van der Waals surface area (Å²) in [5.41, 5.74) is 3.12. The van der Waals surface area contributed by atoms with E-state index in [9.17, 15) is 8.42 Å². The highest BCUT2D eigenvalue weighted by molar-refractivity contribution is 7.89. The summed E-state index contributed by atoms with van der Waals surface area (Å²) in [6.07, 6.45) is 4.73. The molecule has 0 spiro atoms. The number of likely N-dealkylation sites (N-methyl/N-ethyl adjacent to an activating group) is 1. The van der Waals surface area contributed by atoms with E-state index in [1.165, 1.54) is 21.4 Å². The van der Waals surface area contributed by atoms with Gasteiger partial charge < -0.3 is 9.64 Å². The van der Waals surface area contributed by atoms with E-state index in [4.69, 9.17) is 4.74 Å². The lowest BCUT2D eigenvalue weighted by Crippen LogP contribution is -2.48. The number of pyridine rings is 1. The average Bonchev–Trinajstić information content (AvgIpc) is 3.30. The summed E-state index contributed by atoms with van der Waals surface area (Å²) in [6, 6.07) is 12.0. The van der Waals surface area contributed by atoms with Gasteiger partial charge in [-0.3, -0.25) is 14.6 Å². The number of piperazine rings is 1. The number of anilines is 1. The molecule has 1 aromatic carbocycles. The molecule has 0 bridgehead atoms. The number of ether oxygens (including phenoxy) is 1. The van der Waals surface area contributed by atoms with Gasteiger partial charge >= 0.3 is 0 Å². The topological polar surface area (TPSA) is 83.8 Å². The molecule has 0 amide bonds. The van der Waals surface area contributed by atoms with Gasteiger partial charge in [-0.15, -0.1) is 12.4 Å². The third-order valence-electron chi connectivity index (χ3n) is 5.98. The maximum atomic E-state index is 12.7. The van der Waals surface area contributed by atoms with Crippen molar-refractivity contribution in [3.63, 3.8) is 0 Å². The van der Waals surface area contributed by atoms with Crippen molar-refractivity contribution in [2.45, 2.75) is 4.90 Å². The van der Waals surface area contributed by atoms with E-state index in [0.29, 0.717) is 13.1 Å². The molecule has 0 saturated carbocycles. The number of hydrogen-bond acceptors (Lipinski definition) is 7. The van der Waals surface area contributed by atoms with Crippen LogP contribution in [0.3, 0.4) is 0 Å². The van der Waals surface area contributed by atoms with Gasteiger partial charge in [-0.1, -0.05) is 0 Å². The molecule has 1 aliphatic heterocycles. The van der Waals surface area contributed by atoms with Crippen molar-refractivity contribution in [2.24, 2.45) is 7.05 Å². The lowest BCUT2D eigenvalue weighted by Gasteiger charge is -2.37. The normalized spacial score (nSPS) is 14.8. The molecule has 3 aromatic rings. The van der Waals surface area contributed by atoms with Gasteiger partial charge in [0.1, 0.15) is 10.6 Å². The number of sulfonamides is 1. The van der Waals surface area contributed by atoms with Crippen LogP contribution in [0, 0.1) is 0 Å². The van der Waals surface area contributed by atoms with Crippen molar-refractivity contribution >= 4 is 28.1 Å². The van der Waals surface area contributed by atoms with Crippen molar-refractivity contribution < 1.29 is 13.2 Å². The Kier molecular flexibility index (Phi) is 8.53. The van der Waals surface area contributed by atoms with Gasteiger partial charge in [0.2, 0.25) is 10.0 Å². The van der Waals surface area contributed by atoms with Gasteiger partial charge in [0.25, 0.3) is 0 Å². The van der Waals surface area contributed by atoms with Gasteiger partial charge in [-0.05, 0) is 36.4 Å². The average molecular weight is 507 g/mol. The van der Waals surface area contributed by atoms with E-state index in [2.05, 4.69) is 25.9 Å². The van der Waals surface area contributed by atoms with E-state index < -0.39 is 10.0 Å². The lowest BCUT2D eigenvalue weighted by molar-refractivity contribution is 0.244. The highest BCUT2D eigenvalue weighted by Gasteiger charge is 2.24. The molecule has 2 aromatic heterocycles. The first kappa shape index (κ1) is 26.0. The molecule has 1 fully saturated rings. The van der Waals surface area contributed by atoms with Gasteiger partial charge in [-0.2, -0.15) is 9.40 Å². The summed E-state index contributed by atoms with van der Waals surface area (Å²) >= 11 is 0. The second-order valence-corrected chi connectivity index (χ2v) is 10.1. The van der Waals surface area contributed by atoms with Crippen LogP contribution in [0.4, 0.5) is 5.69 Å². The van der Waals surface area contributed by atoms with Crippen LogP contribution in [0.15, 0.2) is 59.9 Å². The molecule has 0 unspecified atom stereocenters. The van der Waals surface area contributed by atoms with Crippen molar-refractivity contribution in [1.82, 2.24) is 24.0 Å². The maximum Gasteiger partial charge on any atom is 0.245 e. The molecule has 9 nitrogen and oxygen atoms in total. The molecule has 0 radical (unpaired) electrons. The number of halogens is 1. The molecule has 0 N–H and O–H groups in total. The van der Waals surface area contributed by atoms with Crippen molar-refractivity contribution in [3.8, 4) is 17.0 Å². The largest absolute Gasteiger partial charge is 0.497 e. The van der Waals surface area contributed by atoms with E-state index in [1.54, 1.807) is 21.2 Å². The summed E-state index contributed by atoms with van der Waals surface area (Å²) in [6.45, 7) is 4.54. The second-order valence-electron chi connectivity index (χ2n) is 8.10. The first-order valence-electron chi connectivity index (χ1n) is 10.9. The Morgan fingerprint density at radius 1 is 1.09 bits per heavy atom. The van der Waals surface area contributed by atoms with Crippen molar-refractivity contribution in [3.05, 3.63) is 55.0 Å². The number of rotatable bonds is 8. The molecular formula is C23H31ClN6O3S. The molecule has 0 atom stereocenters. The Labute approximate surface area is 207 Å². The number of nitrogens with zero attached hydrogens (tertiary/aromatic N) is 6. The molecule has 4 rings (SSSR count). The van der Waals surface area contributed by atoms with E-state index in [1.807, 2.05) is 36.5 Å². The zero-order valence-corrected chi connectivity index (χ0v) is 21.3. The zero-order valence-electron chi connectivity index (χ0n) is 19.7. The number of aromatic nitrogens is 3. The number of methoxy groups -OCH3 is 1. The predicted octanol–water partition coefficient (Wildman–Crippen LogP) is 2.36. The van der Waals surface area contributed by atoms with E-state index >= 15 is 0 Å². The van der Waals surface area contributed by atoms with Crippen LogP contribution in [-0.4, -0.2) is 85.8 Å². The second kappa shape index (κ2) is 11.2. The number of aryl methyl sites for hydroxylation is 1. The van der Waals surface area contributed by atoms with Crippen LogP contribution in [0.1, 0.15) is 0 Å².